The van der Waals surface area contributed by atoms with Crippen LogP contribution in [-0.4, -0.2) is 37.8 Å². The van der Waals surface area contributed by atoms with Crippen LogP contribution >= 0.6 is 11.6 Å². The number of rotatable bonds is 7. The van der Waals surface area contributed by atoms with Crippen molar-refractivity contribution in [3.8, 4) is 5.75 Å². The Morgan fingerprint density at radius 3 is 2.42 bits per heavy atom. The van der Waals surface area contributed by atoms with Gasteiger partial charge < -0.3 is 14.7 Å². The molecule has 140 valence electrons. The Morgan fingerprint density at radius 2 is 1.88 bits per heavy atom. The predicted octanol–water partition coefficient (Wildman–Crippen LogP) is 4.84. The van der Waals surface area contributed by atoms with Crippen molar-refractivity contribution in [1.29, 1.82) is 0 Å². The van der Waals surface area contributed by atoms with Crippen molar-refractivity contribution < 1.29 is 9.84 Å². The van der Waals surface area contributed by atoms with E-state index in [2.05, 4.69) is 11.8 Å². The van der Waals surface area contributed by atoms with Gasteiger partial charge in [0.25, 0.3) is 0 Å². The molecule has 0 spiro atoms. The first kappa shape index (κ1) is 20.5. The monoisotopic (exact) mass is 373 g/mol. The normalized spacial score (nSPS) is 15.6. The molecule has 0 aliphatic rings. The summed E-state index contributed by atoms with van der Waals surface area (Å²) < 4.78 is 5.22. The quantitative estimate of drug-likeness (QED) is 0.753. The third kappa shape index (κ3) is 4.67. The zero-order chi connectivity index (χ0) is 19.3. The third-order valence-corrected chi connectivity index (χ3v) is 4.95. The summed E-state index contributed by atoms with van der Waals surface area (Å²) in [6, 6.07) is 15.3. The van der Waals surface area contributed by atoms with Crippen LogP contribution in [0.15, 0.2) is 54.1 Å². The minimum Gasteiger partial charge on any atom is -0.497 e. The Labute approximate surface area is 161 Å². The Kier molecular flexibility index (Phi) is 6.87. The first-order chi connectivity index (χ1) is 12.3. The molecule has 0 saturated heterocycles. The smallest absolute Gasteiger partial charge is 0.118 e. The summed E-state index contributed by atoms with van der Waals surface area (Å²) in [5.41, 5.74) is 1.58. The number of hydrogen-bond donors (Lipinski definition) is 1. The largest absolute Gasteiger partial charge is 0.497 e. The molecule has 0 heterocycles. The molecule has 0 fully saturated rings. The van der Waals surface area contributed by atoms with Crippen LogP contribution < -0.4 is 4.74 Å². The highest BCUT2D eigenvalue weighted by Gasteiger charge is 2.37. The average Bonchev–Trinajstić information content (AvgIpc) is 2.60. The van der Waals surface area contributed by atoms with Crippen LogP contribution in [0.2, 0.25) is 5.02 Å². The minimum atomic E-state index is -1.12. The maximum atomic E-state index is 11.8. The number of benzene rings is 2. The predicted molar refractivity (Wildman–Crippen MR) is 110 cm³/mol. The summed E-state index contributed by atoms with van der Waals surface area (Å²) in [5.74, 6) is 0.788. The fraction of sp³-hybridized carbons (Fsp3) is 0.364. The van der Waals surface area contributed by atoms with Gasteiger partial charge in [-0.2, -0.15) is 0 Å². The van der Waals surface area contributed by atoms with E-state index in [-0.39, 0.29) is 5.92 Å². The van der Waals surface area contributed by atoms with Crippen molar-refractivity contribution >= 4 is 17.7 Å². The Bertz CT molecular complexity index is 755. The van der Waals surface area contributed by atoms with Crippen LogP contribution in [0.5, 0.6) is 5.75 Å². The first-order valence-corrected chi connectivity index (χ1v) is 9.11. The van der Waals surface area contributed by atoms with Crippen molar-refractivity contribution in [3.05, 3.63) is 70.3 Å². The molecule has 2 aromatic rings. The molecule has 4 heteroatoms. The SMILES string of the molecule is COc1ccc(/C=C(/C)C(O)(c2cccc(Cl)c2)C(C)CN(C)C)cc1. The van der Waals surface area contributed by atoms with E-state index in [1.807, 2.05) is 75.6 Å². The lowest BCUT2D eigenvalue weighted by Gasteiger charge is -2.37. The summed E-state index contributed by atoms with van der Waals surface area (Å²) >= 11 is 6.20. The van der Waals surface area contributed by atoms with Gasteiger partial charge in [-0.15, -0.1) is 0 Å². The zero-order valence-electron chi connectivity index (χ0n) is 16.2. The number of nitrogens with zero attached hydrogens (tertiary/aromatic N) is 1. The Morgan fingerprint density at radius 1 is 1.23 bits per heavy atom. The van der Waals surface area contributed by atoms with Crippen LogP contribution in [0.4, 0.5) is 0 Å². The number of hydrogen-bond acceptors (Lipinski definition) is 3. The molecular weight excluding hydrogens is 346 g/mol. The highest BCUT2D eigenvalue weighted by atomic mass is 35.5. The van der Waals surface area contributed by atoms with Crippen molar-refractivity contribution in [2.45, 2.75) is 19.4 Å². The molecule has 0 saturated carbocycles. The van der Waals surface area contributed by atoms with Gasteiger partial charge in [-0.1, -0.05) is 48.9 Å². The summed E-state index contributed by atoms with van der Waals surface area (Å²) in [6.45, 7) is 4.78. The van der Waals surface area contributed by atoms with Gasteiger partial charge >= 0.3 is 0 Å². The number of ether oxygens (including phenoxy) is 1. The van der Waals surface area contributed by atoms with E-state index < -0.39 is 5.60 Å². The van der Waals surface area contributed by atoms with E-state index in [9.17, 15) is 5.11 Å². The summed E-state index contributed by atoms with van der Waals surface area (Å²) in [7, 11) is 5.67. The van der Waals surface area contributed by atoms with Gasteiger partial charge in [0.2, 0.25) is 0 Å². The van der Waals surface area contributed by atoms with Crippen LogP contribution in [0.3, 0.4) is 0 Å². The van der Waals surface area contributed by atoms with E-state index in [4.69, 9.17) is 16.3 Å². The lowest BCUT2D eigenvalue weighted by Crippen LogP contribution is -2.40. The van der Waals surface area contributed by atoms with Crippen molar-refractivity contribution in [2.75, 3.05) is 27.7 Å². The molecule has 0 radical (unpaired) electrons. The second-order valence-corrected chi connectivity index (χ2v) is 7.48. The van der Waals surface area contributed by atoms with Gasteiger partial charge in [0, 0.05) is 17.5 Å². The molecule has 0 aliphatic heterocycles. The molecule has 26 heavy (non-hydrogen) atoms. The van der Waals surface area contributed by atoms with Crippen molar-refractivity contribution in [2.24, 2.45) is 5.92 Å². The molecule has 2 rings (SSSR count). The van der Waals surface area contributed by atoms with Crippen molar-refractivity contribution in [1.82, 2.24) is 4.90 Å². The molecule has 2 atom stereocenters. The van der Waals surface area contributed by atoms with E-state index in [0.717, 1.165) is 29.0 Å². The lowest BCUT2D eigenvalue weighted by molar-refractivity contribution is 0.0105. The summed E-state index contributed by atoms with van der Waals surface area (Å²) in [6.07, 6.45) is 2.02. The molecule has 0 aromatic heterocycles. The second-order valence-electron chi connectivity index (χ2n) is 7.04. The fourth-order valence-electron chi connectivity index (χ4n) is 3.37. The second kappa shape index (κ2) is 8.72. The molecule has 2 unspecified atom stereocenters. The molecule has 0 amide bonds. The highest BCUT2D eigenvalue weighted by molar-refractivity contribution is 6.30. The maximum Gasteiger partial charge on any atom is 0.118 e. The average molecular weight is 374 g/mol. The number of aliphatic hydroxyl groups is 1. The molecule has 0 bridgehead atoms. The van der Waals surface area contributed by atoms with Crippen LogP contribution in [0.25, 0.3) is 6.08 Å². The number of halogens is 1. The van der Waals surface area contributed by atoms with Crippen LogP contribution in [0, 0.1) is 5.92 Å². The van der Waals surface area contributed by atoms with Crippen molar-refractivity contribution in [3.63, 3.8) is 0 Å². The molecular formula is C22H28ClNO2. The minimum absolute atomic E-state index is 0.0227. The first-order valence-electron chi connectivity index (χ1n) is 8.73. The van der Waals surface area contributed by atoms with Gasteiger partial charge in [-0.25, -0.2) is 0 Å². The molecule has 1 N–H and O–H groups in total. The fourth-order valence-corrected chi connectivity index (χ4v) is 3.56. The zero-order valence-corrected chi connectivity index (χ0v) is 16.9. The van der Waals surface area contributed by atoms with E-state index in [1.165, 1.54) is 0 Å². The molecule has 2 aromatic carbocycles. The maximum absolute atomic E-state index is 11.8. The van der Waals surface area contributed by atoms with Gasteiger partial charge in [0.15, 0.2) is 0 Å². The summed E-state index contributed by atoms with van der Waals surface area (Å²) in [4.78, 5) is 2.08. The summed E-state index contributed by atoms with van der Waals surface area (Å²) in [5, 5.41) is 12.4. The highest BCUT2D eigenvalue weighted by Crippen LogP contribution is 2.39. The lowest BCUT2D eigenvalue weighted by atomic mass is 9.76. The number of methoxy groups -OCH3 is 1. The van der Waals surface area contributed by atoms with Gasteiger partial charge in [0.1, 0.15) is 11.4 Å². The van der Waals surface area contributed by atoms with Gasteiger partial charge in [-0.3, -0.25) is 0 Å². The molecule has 0 aliphatic carbocycles. The van der Waals surface area contributed by atoms with E-state index in [1.54, 1.807) is 7.11 Å². The van der Waals surface area contributed by atoms with E-state index in [0.29, 0.717) is 5.02 Å². The van der Waals surface area contributed by atoms with Gasteiger partial charge in [0.05, 0.1) is 7.11 Å². The molecule has 3 nitrogen and oxygen atoms in total. The standard InChI is InChI=1S/C22H28ClNO2/c1-16(13-18-9-11-21(26-5)12-10-18)22(25,17(2)15-24(3)4)19-7-6-8-20(23)14-19/h6-14,17,25H,15H2,1-5H3/b16-13-. The third-order valence-electron chi connectivity index (χ3n) is 4.72. The Balaban J connectivity index is 2.49. The van der Waals surface area contributed by atoms with Gasteiger partial charge in [-0.05, 0) is 62.0 Å². The van der Waals surface area contributed by atoms with E-state index >= 15 is 0 Å². The van der Waals surface area contributed by atoms with Crippen LogP contribution in [-0.2, 0) is 5.60 Å². The Hall–Kier alpha value is -1.81. The van der Waals surface area contributed by atoms with Crippen LogP contribution in [0.1, 0.15) is 25.0 Å². The topological polar surface area (TPSA) is 32.7 Å².